The summed E-state index contributed by atoms with van der Waals surface area (Å²) in [5.41, 5.74) is 1.88. The fourth-order valence-corrected chi connectivity index (χ4v) is 3.73. The van der Waals surface area contributed by atoms with Crippen LogP contribution in [-0.4, -0.2) is 21.7 Å². The Hall–Kier alpha value is -4.05. The molecule has 0 radical (unpaired) electrons. The van der Waals surface area contributed by atoms with E-state index < -0.39 is 10.8 Å². The molecule has 0 aliphatic rings. The van der Waals surface area contributed by atoms with Gasteiger partial charge in [0.15, 0.2) is 10.9 Å². The zero-order valence-corrected chi connectivity index (χ0v) is 16.4. The van der Waals surface area contributed by atoms with Crippen molar-refractivity contribution in [3.05, 3.63) is 81.8 Å². The first-order valence-electron chi connectivity index (χ1n) is 8.72. The minimum absolute atomic E-state index is 0.0400. The van der Waals surface area contributed by atoms with E-state index >= 15 is 0 Å². The monoisotopic (exact) mass is 422 g/mol. The largest absolute Gasteiger partial charge is 0.459 e. The highest BCUT2D eigenvalue weighted by atomic mass is 32.1. The Kier molecular flexibility index (Phi) is 4.98. The van der Waals surface area contributed by atoms with Gasteiger partial charge in [-0.25, -0.2) is 4.98 Å². The summed E-state index contributed by atoms with van der Waals surface area (Å²) >= 11 is 1.26. The van der Waals surface area contributed by atoms with Gasteiger partial charge in [-0.3, -0.25) is 25.0 Å². The Morgan fingerprint density at radius 3 is 2.63 bits per heavy atom. The highest BCUT2D eigenvalue weighted by Gasteiger charge is 2.15. The van der Waals surface area contributed by atoms with Crippen LogP contribution >= 0.6 is 11.3 Å². The number of fused-ring (bicyclic) bond motifs is 1. The lowest BCUT2D eigenvalue weighted by Gasteiger charge is -2.06. The second-order valence-electron chi connectivity index (χ2n) is 6.35. The lowest BCUT2D eigenvalue weighted by atomic mass is 10.1. The van der Waals surface area contributed by atoms with Crippen LogP contribution in [0.15, 0.2) is 59.2 Å². The maximum atomic E-state index is 12.5. The lowest BCUT2D eigenvalue weighted by Crippen LogP contribution is -2.12. The summed E-state index contributed by atoms with van der Waals surface area (Å²) in [6.07, 6.45) is 1.41. The number of rotatable bonds is 5. The van der Waals surface area contributed by atoms with Crippen molar-refractivity contribution in [2.75, 3.05) is 10.6 Å². The number of anilines is 2. The lowest BCUT2D eigenvalue weighted by molar-refractivity contribution is -0.385. The molecule has 0 saturated carbocycles. The van der Waals surface area contributed by atoms with Gasteiger partial charge in [-0.05, 0) is 49.4 Å². The molecule has 0 atom stereocenters. The van der Waals surface area contributed by atoms with Crippen molar-refractivity contribution in [1.82, 2.24) is 4.98 Å². The van der Waals surface area contributed by atoms with Gasteiger partial charge in [0.1, 0.15) is 0 Å². The molecule has 0 aliphatic heterocycles. The van der Waals surface area contributed by atoms with E-state index in [2.05, 4.69) is 15.6 Å². The number of furan rings is 1. The summed E-state index contributed by atoms with van der Waals surface area (Å²) in [5, 5.41) is 16.8. The molecular weight excluding hydrogens is 408 g/mol. The Balaban J connectivity index is 1.51. The van der Waals surface area contributed by atoms with Crippen LogP contribution in [0.5, 0.6) is 0 Å². The first-order chi connectivity index (χ1) is 14.4. The molecule has 0 unspecified atom stereocenters. The van der Waals surface area contributed by atoms with Gasteiger partial charge in [0.25, 0.3) is 17.5 Å². The minimum Gasteiger partial charge on any atom is -0.459 e. The van der Waals surface area contributed by atoms with Crippen LogP contribution in [0.2, 0.25) is 0 Å². The quantitative estimate of drug-likeness (QED) is 0.357. The molecule has 2 heterocycles. The maximum Gasteiger partial charge on any atom is 0.293 e. The Morgan fingerprint density at radius 2 is 1.93 bits per heavy atom. The molecule has 0 spiro atoms. The van der Waals surface area contributed by atoms with Crippen molar-refractivity contribution in [2.45, 2.75) is 6.92 Å². The summed E-state index contributed by atoms with van der Waals surface area (Å²) in [6.45, 7) is 1.58. The molecule has 2 aromatic carbocycles. The van der Waals surface area contributed by atoms with E-state index in [1.807, 2.05) is 0 Å². The third-order valence-electron chi connectivity index (χ3n) is 4.27. The number of carbonyl (C=O) groups excluding carboxylic acids is 2. The normalized spacial score (nSPS) is 10.7. The standard InChI is InChI=1S/C20H14N4O5S/c1-11-9-12(4-7-15(11)24(27)28)18(25)21-13-5-6-14-17(10-13)30-20(22-14)23-19(26)16-3-2-8-29-16/h2-10H,1H3,(H,21,25)(H,22,23,26). The molecule has 0 saturated heterocycles. The number of nitrogens with one attached hydrogen (secondary N) is 2. The van der Waals surface area contributed by atoms with Crippen LogP contribution in [0, 0.1) is 17.0 Å². The Morgan fingerprint density at radius 1 is 1.10 bits per heavy atom. The molecule has 4 aromatic rings. The Labute approximate surface area is 173 Å². The van der Waals surface area contributed by atoms with Crippen molar-refractivity contribution in [3.8, 4) is 0 Å². The fourth-order valence-electron chi connectivity index (χ4n) is 2.83. The third-order valence-corrected chi connectivity index (χ3v) is 5.20. The van der Waals surface area contributed by atoms with Gasteiger partial charge in [-0.2, -0.15) is 0 Å². The van der Waals surface area contributed by atoms with Gasteiger partial charge in [0.05, 0.1) is 21.4 Å². The molecule has 0 bridgehead atoms. The Bertz CT molecular complexity index is 1280. The number of benzene rings is 2. The van der Waals surface area contributed by atoms with Crippen LogP contribution in [0.25, 0.3) is 10.2 Å². The van der Waals surface area contributed by atoms with E-state index in [1.165, 1.54) is 35.8 Å². The number of amides is 2. The van der Waals surface area contributed by atoms with E-state index in [0.717, 1.165) is 4.70 Å². The number of aryl methyl sites for hydroxylation is 1. The summed E-state index contributed by atoms with van der Waals surface area (Å²) in [5.74, 6) is -0.607. The van der Waals surface area contributed by atoms with Gasteiger partial charge in [0, 0.05) is 22.9 Å². The van der Waals surface area contributed by atoms with E-state index in [1.54, 1.807) is 37.3 Å². The second kappa shape index (κ2) is 7.76. The highest BCUT2D eigenvalue weighted by Crippen LogP contribution is 2.29. The van der Waals surface area contributed by atoms with Crippen LogP contribution in [0.3, 0.4) is 0 Å². The summed E-state index contributed by atoms with van der Waals surface area (Å²) < 4.78 is 5.82. The second-order valence-corrected chi connectivity index (χ2v) is 7.38. The fraction of sp³-hybridized carbons (Fsp3) is 0.0500. The number of aromatic nitrogens is 1. The number of nitro groups is 1. The van der Waals surface area contributed by atoms with Crippen molar-refractivity contribution < 1.29 is 18.9 Å². The average molecular weight is 422 g/mol. The summed E-state index contributed by atoms with van der Waals surface area (Å²) in [7, 11) is 0. The zero-order chi connectivity index (χ0) is 21.3. The van der Waals surface area contributed by atoms with E-state index in [0.29, 0.717) is 27.5 Å². The van der Waals surface area contributed by atoms with Crippen molar-refractivity contribution >= 4 is 49.9 Å². The molecule has 2 aromatic heterocycles. The molecule has 30 heavy (non-hydrogen) atoms. The summed E-state index contributed by atoms with van der Waals surface area (Å²) in [6, 6.07) is 12.5. The topological polar surface area (TPSA) is 127 Å². The molecule has 2 amide bonds. The van der Waals surface area contributed by atoms with Crippen LogP contribution in [-0.2, 0) is 0 Å². The molecular formula is C20H14N4O5S. The molecule has 150 valence electrons. The van der Waals surface area contributed by atoms with Crippen molar-refractivity contribution in [3.63, 3.8) is 0 Å². The first-order valence-corrected chi connectivity index (χ1v) is 9.54. The summed E-state index contributed by atoms with van der Waals surface area (Å²) in [4.78, 5) is 39.4. The SMILES string of the molecule is Cc1cc(C(=O)Nc2ccc3nc(NC(=O)c4ccco4)sc3c2)ccc1[N+](=O)[O-]. The van der Waals surface area contributed by atoms with Gasteiger partial charge in [-0.1, -0.05) is 11.3 Å². The molecule has 0 aliphatic carbocycles. The molecule has 0 fully saturated rings. The van der Waals surface area contributed by atoms with E-state index in [4.69, 9.17) is 4.42 Å². The number of nitro benzene ring substituents is 1. The number of carbonyl (C=O) groups is 2. The smallest absolute Gasteiger partial charge is 0.293 e. The van der Waals surface area contributed by atoms with E-state index in [-0.39, 0.29) is 17.4 Å². The number of thiazole rings is 1. The maximum absolute atomic E-state index is 12.5. The number of hydrogen-bond donors (Lipinski definition) is 2. The number of nitrogens with zero attached hydrogens (tertiary/aromatic N) is 2. The van der Waals surface area contributed by atoms with Gasteiger partial charge < -0.3 is 9.73 Å². The zero-order valence-electron chi connectivity index (χ0n) is 15.5. The third kappa shape index (κ3) is 3.89. The van der Waals surface area contributed by atoms with Crippen LogP contribution in [0.4, 0.5) is 16.5 Å². The van der Waals surface area contributed by atoms with Crippen LogP contribution in [0.1, 0.15) is 26.5 Å². The number of hydrogen-bond acceptors (Lipinski definition) is 7. The highest BCUT2D eigenvalue weighted by molar-refractivity contribution is 7.22. The van der Waals surface area contributed by atoms with Gasteiger partial charge >= 0.3 is 0 Å². The van der Waals surface area contributed by atoms with Crippen molar-refractivity contribution in [1.29, 1.82) is 0 Å². The molecule has 10 heteroatoms. The molecule has 4 rings (SSSR count). The van der Waals surface area contributed by atoms with Crippen molar-refractivity contribution in [2.24, 2.45) is 0 Å². The minimum atomic E-state index is -0.489. The van der Waals surface area contributed by atoms with E-state index in [9.17, 15) is 19.7 Å². The molecule has 9 nitrogen and oxygen atoms in total. The molecule has 2 N–H and O–H groups in total. The first kappa shape index (κ1) is 19.3. The van der Waals surface area contributed by atoms with Gasteiger partial charge in [-0.15, -0.1) is 0 Å². The van der Waals surface area contributed by atoms with Gasteiger partial charge in [0.2, 0.25) is 0 Å². The predicted octanol–water partition coefficient (Wildman–Crippen LogP) is 4.61. The predicted molar refractivity (Wildman–Crippen MR) is 112 cm³/mol. The van der Waals surface area contributed by atoms with Crippen LogP contribution < -0.4 is 10.6 Å². The average Bonchev–Trinajstić information content (AvgIpc) is 3.36.